The summed E-state index contributed by atoms with van der Waals surface area (Å²) in [5.41, 5.74) is 0.534. The first-order valence-electron chi connectivity index (χ1n) is 4.98. The summed E-state index contributed by atoms with van der Waals surface area (Å²) in [6.07, 6.45) is 1.03. The third-order valence-corrected chi connectivity index (χ3v) is 3.87. The molecule has 1 unspecified atom stereocenters. The molecule has 0 bridgehead atoms. The van der Waals surface area contributed by atoms with Crippen molar-refractivity contribution in [1.82, 2.24) is 0 Å². The van der Waals surface area contributed by atoms with Crippen molar-refractivity contribution < 1.29 is 17.9 Å². The van der Waals surface area contributed by atoms with E-state index in [0.29, 0.717) is 11.4 Å². The van der Waals surface area contributed by atoms with Crippen LogP contribution in [0.15, 0.2) is 24.3 Å². The monoisotopic (exact) mass is 257 g/mol. The lowest BCUT2D eigenvalue weighted by Gasteiger charge is -2.10. The minimum atomic E-state index is -3.37. The van der Waals surface area contributed by atoms with Gasteiger partial charge in [-0.15, -0.1) is 0 Å². The lowest BCUT2D eigenvalue weighted by Crippen LogP contribution is -2.31. The van der Waals surface area contributed by atoms with Crippen LogP contribution in [0.1, 0.15) is 6.92 Å². The number of hydrogen-bond donors (Lipinski definition) is 1. The molecule has 17 heavy (non-hydrogen) atoms. The van der Waals surface area contributed by atoms with Gasteiger partial charge in [0, 0.05) is 11.9 Å². The van der Waals surface area contributed by atoms with Gasteiger partial charge in [-0.05, 0) is 31.2 Å². The van der Waals surface area contributed by atoms with E-state index in [0.717, 1.165) is 6.26 Å². The van der Waals surface area contributed by atoms with Gasteiger partial charge in [-0.2, -0.15) is 0 Å². The van der Waals surface area contributed by atoms with Crippen LogP contribution in [0.4, 0.5) is 5.69 Å². The molecule has 0 fully saturated rings. The largest absolute Gasteiger partial charge is 0.497 e. The number of sulfone groups is 1. The second kappa shape index (κ2) is 5.18. The maximum absolute atomic E-state index is 11.6. The van der Waals surface area contributed by atoms with Crippen molar-refractivity contribution in [1.29, 1.82) is 0 Å². The predicted molar refractivity (Wildman–Crippen MR) is 65.9 cm³/mol. The molecule has 6 heteroatoms. The predicted octanol–water partition coefficient (Wildman–Crippen LogP) is 1.07. The summed E-state index contributed by atoms with van der Waals surface area (Å²) in [6, 6.07) is 6.65. The van der Waals surface area contributed by atoms with Crippen molar-refractivity contribution in [3.05, 3.63) is 24.3 Å². The van der Waals surface area contributed by atoms with Crippen LogP contribution in [0, 0.1) is 0 Å². The number of nitrogens with one attached hydrogen (secondary N) is 1. The molecule has 0 aliphatic heterocycles. The lowest BCUT2D eigenvalue weighted by atomic mass is 10.3. The van der Waals surface area contributed by atoms with Gasteiger partial charge in [0.15, 0.2) is 9.84 Å². The van der Waals surface area contributed by atoms with E-state index in [1.54, 1.807) is 31.4 Å². The number of carbonyl (C=O) groups is 1. The van der Waals surface area contributed by atoms with Crippen LogP contribution in [0.2, 0.25) is 0 Å². The molecule has 1 atom stereocenters. The van der Waals surface area contributed by atoms with Crippen LogP contribution in [-0.4, -0.2) is 32.9 Å². The van der Waals surface area contributed by atoms with E-state index in [1.807, 2.05) is 0 Å². The molecule has 0 aliphatic carbocycles. The highest BCUT2D eigenvalue weighted by molar-refractivity contribution is 7.92. The SMILES string of the molecule is COc1ccc(NC(=O)C(C)S(C)(=O)=O)cc1. The van der Waals surface area contributed by atoms with Gasteiger partial charge in [0.1, 0.15) is 11.0 Å². The first-order chi connectivity index (χ1) is 7.84. The summed E-state index contributed by atoms with van der Waals surface area (Å²) in [4.78, 5) is 11.6. The van der Waals surface area contributed by atoms with Gasteiger partial charge in [-0.3, -0.25) is 4.79 Å². The van der Waals surface area contributed by atoms with Gasteiger partial charge < -0.3 is 10.1 Å². The van der Waals surface area contributed by atoms with Crippen molar-refractivity contribution in [2.75, 3.05) is 18.7 Å². The summed E-state index contributed by atoms with van der Waals surface area (Å²) < 4.78 is 27.3. The Hall–Kier alpha value is -1.56. The maximum Gasteiger partial charge on any atom is 0.242 e. The first-order valence-corrected chi connectivity index (χ1v) is 6.94. The quantitative estimate of drug-likeness (QED) is 0.875. The van der Waals surface area contributed by atoms with Crippen LogP contribution in [-0.2, 0) is 14.6 Å². The number of hydrogen-bond acceptors (Lipinski definition) is 4. The van der Waals surface area contributed by atoms with Crippen molar-refractivity contribution in [2.45, 2.75) is 12.2 Å². The zero-order valence-corrected chi connectivity index (χ0v) is 10.7. The average Bonchev–Trinajstić information content (AvgIpc) is 2.27. The summed E-state index contributed by atoms with van der Waals surface area (Å²) in [5, 5.41) is 1.46. The van der Waals surface area contributed by atoms with Gasteiger partial charge in [-0.1, -0.05) is 0 Å². The first kappa shape index (κ1) is 13.5. The van der Waals surface area contributed by atoms with Crippen molar-refractivity contribution in [3.8, 4) is 5.75 Å². The molecule has 1 rings (SSSR count). The molecule has 0 radical (unpaired) electrons. The molecule has 0 spiro atoms. The summed E-state index contributed by atoms with van der Waals surface area (Å²) in [6.45, 7) is 1.36. The summed E-state index contributed by atoms with van der Waals surface area (Å²) in [5.74, 6) is 0.122. The number of ether oxygens (including phenoxy) is 1. The highest BCUT2D eigenvalue weighted by Gasteiger charge is 2.23. The number of rotatable bonds is 4. The number of amides is 1. The molecule has 94 valence electrons. The molecule has 0 aliphatic rings. The second-order valence-electron chi connectivity index (χ2n) is 3.69. The van der Waals surface area contributed by atoms with Crippen LogP contribution in [0.25, 0.3) is 0 Å². The van der Waals surface area contributed by atoms with Gasteiger partial charge in [0.25, 0.3) is 0 Å². The molecule has 1 amide bonds. The van der Waals surface area contributed by atoms with Crippen LogP contribution < -0.4 is 10.1 Å². The molecule has 0 heterocycles. The lowest BCUT2D eigenvalue weighted by molar-refractivity contribution is -0.115. The highest BCUT2D eigenvalue weighted by Crippen LogP contribution is 2.15. The molecule has 0 saturated heterocycles. The molecule has 1 aromatic carbocycles. The highest BCUT2D eigenvalue weighted by atomic mass is 32.2. The Bertz CT molecular complexity index is 493. The van der Waals surface area contributed by atoms with Crippen LogP contribution in [0.5, 0.6) is 5.75 Å². The third kappa shape index (κ3) is 3.74. The Morgan fingerprint density at radius 3 is 2.24 bits per heavy atom. The minimum absolute atomic E-state index is 0.534. The topological polar surface area (TPSA) is 72.5 Å². The number of anilines is 1. The van der Waals surface area contributed by atoms with E-state index in [-0.39, 0.29) is 0 Å². The maximum atomic E-state index is 11.6. The van der Waals surface area contributed by atoms with Gasteiger partial charge >= 0.3 is 0 Å². The van der Waals surface area contributed by atoms with Crippen LogP contribution >= 0.6 is 0 Å². The smallest absolute Gasteiger partial charge is 0.242 e. The molecule has 5 nitrogen and oxygen atoms in total. The molecule has 0 aromatic heterocycles. The fraction of sp³-hybridized carbons (Fsp3) is 0.364. The fourth-order valence-corrected chi connectivity index (χ4v) is 1.56. The Morgan fingerprint density at radius 2 is 1.82 bits per heavy atom. The van der Waals surface area contributed by atoms with E-state index in [9.17, 15) is 13.2 Å². The molecule has 1 N–H and O–H groups in total. The fourth-order valence-electron chi connectivity index (χ4n) is 1.11. The number of carbonyl (C=O) groups excluding carboxylic acids is 1. The number of methoxy groups -OCH3 is 1. The molecular formula is C11H15NO4S. The Labute approximate surface area is 101 Å². The minimum Gasteiger partial charge on any atom is -0.497 e. The van der Waals surface area contributed by atoms with E-state index in [2.05, 4.69) is 5.32 Å². The van der Waals surface area contributed by atoms with E-state index < -0.39 is 21.0 Å². The Balaban J connectivity index is 2.74. The van der Waals surface area contributed by atoms with Crippen molar-refractivity contribution in [2.24, 2.45) is 0 Å². The molecular weight excluding hydrogens is 242 g/mol. The van der Waals surface area contributed by atoms with Gasteiger partial charge in [0.05, 0.1) is 7.11 Å². The zero-order chi connectivity index (χ0) is 13.1. The average molecular weight is 257 g/mol. The van der Waals surface area contributed by atoms with E-state index in [4.69, 9.17) is 4.74 Å². The normalized spacial score (nSPS) is 12.9. The Kier molecular flexibility index (Phi) is 4.11. The van der Waals surface area contributed by atoms with Crippen molar-refractivity contribution >= 4 is 21.4 Å². The summed E-state index contributed by atoms with van der Waals surface area (Å²) >= 11 is 0. The standard InChI is InChI=1S/C11H15NO4S/c1-8(17(3,14)15)11(13)12-9-4-6-10(16-2)7-5-9/h4-8H,1-3H3,(H,12,13). The molecule has 0 saturated carbocycles. The third-order valence-electron chi connectivity index (χ3n) is 2.37. The number of benzene rings is 1. The van der Waals surface area contributed by atoms with Gasteiger partial charge in [0.2, 0.25) is 5.91 Å². The van der Waals surface area contributed by atoms with Crippen LogP contribution in [0.3, 0.4) is 0 Å². The molecule has 1 aromatic rings. The van der Waals surface area contributed by atoms with Gasteiger partial charge in [-0.25, -0.2) is 8.42 Å². The zero-order valence-electron chi connectivity index (χ0n) is 9.93. The Morgan fingerprint density at radius 1 is 1.29 bits per heavy atom. The van der Waals surface area contributed by atoms with E-state index >= 15 is 0 Å². The van der Waals surface area contributed by atoms with Crippen molar-refractivity contribution in [3.63, 3.8) is 0 Å². The summed E-state index contributed by atoms with van der Waals surface area (Å²) in [7, 11) is -1.83. The second-order valence-corrected chi connectivity index (χ2v) is 6.06. The van der Waals surface area contributed by atoms with E-state index in [1.165, 1.54) is 6.92 Å².